The maximum atomic E-state index is 11.7. The number of carbonyl (C=O) groups is 1. The molecule has 0 aliphatic heterocycles. The van der Waals surface area contributed by atoms with Crippen LogP contribution < -0.4 is 3.53 Å². The quantitative estimate of drug-likeness (QED) is 0.252. The lowest BCUT2D eigenvalue weighted by Gasteiger charge is -2.05. The Balaban J connectivity index is 2.47. The van der Waals surface area contributed by atoms with E-state index < -0.39 is 0 Å². The molecule has 1 N–H and O–H groups in total. The van der Waals surface area contributed by atoms with Crippen molar-refractivity contribution in [1.82, 2.24) is 3.53 Å². The molecule has 0 saturated heterocycles. The molecule has 1 aromatic carbocycles. The maximum Gasteiger partial charge on any atom is 0.165 e. The largest absolute Gasteiger partial charge is 0.294 e. The minimum atomic E-state index is 0.0672. The van der Waals surface area contributed by atoms with Gasteiger partial charge in [-0.1, -0.05) is 47.6 Å². The average Bonchev–Trinajstić information content (AvgIpc) is 2.34. The summed E-state index contributed by atoms with van der Waals surface area (Å²) in [7, 11) is 3.57. The van der Waals surface area contributed by atoms with Crippen LogP contribution in [-0.4, -0.2) is 18.1 Å². The summed E-state index contributed by atoms with van der Waals surface area (Å²) >= 11 is 2.15. The van der Waals surface area contributed by atoms with Crippen molar-refractivity contribution in [3.8, 4) is 0 Å². The fourth-order valence-corrected chi connectivity index (χ4v) is 3.73. The molecule has 0 aromatic heterocycles. The molecule has 5 heteroatoms. The second-order valence-corrected chi connectivity index (χ2v) is 7.08. The van der Waals surface area contributed by atoms with E-state index in [2.05, 4.69) is 26.4 Å². The zero-order valence-corrected chi connectivity index (χ0v) is 13.7. The summed E-state index contributed by atoms with van der Waals surface area (Å²) in [5.74, 6) is 1.35. The van der Waals surface area contributed by atoms with Gasteiger partial charge in [0.1, 0.15) is 0 Å². The van der Waals surface area contributed by atoms with E-state index in [1.54, 1.807) is 10.8 Å². The number of benzene rings is 1. The van der Waals surface area contributed by atoms with E-state index in [0.717, 1.165) is 17.9 Å². The van der Waals surface area contributed by atoms with Crippen molar-refractivity contribution < 1.29 is 4.79 Å². The molecule has 0 atom stereocenters. The average molecular weight is 381 g/mol. The van der Waals surface area contributed by atoms with E-state index >= 15 is 0 Å². The Bertz CT molecular complexity index is 354. The molecule has 0 aliphatic carbocycles. The summed E-state index contributed by atoms with van der Waals surface area (Å²) in [6.07, 6.45) is 0. The van der Waals surface area contributed by atoms with Crippen LogP contribution in [0.4, 0.5) is 0 Å². The molecule has 0 spiro atoms. The van der Waals surface area contributed by atoms with Gasteiger partial charge in [-0.15, -0.1) is 0 Å². The molecule has 1 rings (SSSR count). The Morgan fingerprint density at radius 3 is 2.53 bits per heavy atom. The number of hydrogen-bond acceptors (Lipinski definition) is 4. The van der Waals surface area contributed by atoms with Crippen LogP contribution in [0.3, 0.4) is 0 Å². The number of halogens is 1. The number of ketones is 1. The molecule has 0 aliphatic rings. The standard InChI is InChI=1S/C12H16INOS2/c1-9(2)12(15)10-3-5-11(6-4-10)17-16-8-7-14-13/h3-6,9,14H,7-8H2,1-2H3. The highest BCUT2D eigenvalue weighted by molar-refractivity contribution is 14.1. The highest BCUT2D eigenvalue weighted by Crippen LogP contribution is 2.30. The van der Waals surface area contributed by atoms with Gasteiger partial charge in [0.25, 0.3) is 0 Å². The van der Waals surface area contributed by atoms with Crippen molar-refractivity contribution in [3.63, 3.8) is 0 Å². The predicted molar refractivity (Wildman–Crippen MR) is 85.9 cm³/mol. The molecule has 94 valence electrons. The van der Waals surface area contributed by atoms with E-state index in [9.17, 15) is 4.79 Å². The third kappa shape index (κ3) is 5.63. The van der Waals surface area contributed by atoms with Gasteiger partial charge in [-0.3, -0.25) is 8.32 Å². The van der Waals surface area contributed by atoms with Crippen molar-refractivity contribution in [2.24, 2.45) is 5.92 Å². The van der Waals surface area contributed by atoms with Gasteiger partial charge in [0.2, 0.25) is 0 Å². The van der Waals surface area contributed by atoms with Gasteiger partial charge in [0, 0.05) is 51.5 Å². The van der Waals surface area contributed by atoms with E-state index in [1.165, 1.54) is 4.90 Å². The minimum Gasteiger partial charge on any atom is -0.294 e. The van der Waals surface area contributed by atoms with Crippen LogP contribution >= 0.6 is 44.5 Å². The zero-order valence-electron chi connectivity index (χ0n) is 9.90. The monoisotopic (exact) mass is 381 g/mol. The van der Waals surface area contributed by atoms with Crippen LogP contribution in [0.15, 0.2) is 29.2 Å². The summed E-state index contributed by atoms with van der Waals surface area (Å²) < 4.78 is 3.08. The Morgan fingerprint density at radius 2 is 2.00 bits per heavy atom. The van der Waals surface area contributed by atoms with Crippen molar-refractivity contribution in [2.45, 2.75) is 18.7 Å². The van der Waals surface area contributed by atoms with Gasteiger partial charge in [-0.2, -0.15) is 0 Å². The first kappa shape index (κ1) is 15.3. The second-order valence-electron chi connectivity index (χ2n) is 3.83. The summed E-state index contributed by atoms with van der Waals surface area (Å²) in [6.45, 7) is 4.86. The van der Waals surface area contributed by atoms with E-state index in [0.29, 0.717) is 0 Å². The lowest BCUT2D eigenvalue weighted by Crippen LogP contribution is -2.06. The predicted octanol–water partition coefficient (Wildman–Crippen LogP) is 4.21. The lowest BCUT2D eigenvalue weighted by atomic mass is 10.0. The fraction of sp³-hybridized carbons (Fsp3) is 0.417. The molecule has 2 nitrogen and oxygen atoms in total. The maximum absolute atomic E-state index is 11.7. The molecule has 0 fully saturated rings. The molecular formula is C12H16INOS2. The fourth-order valence-electron chi connectivity index (χ4n) is 1.20. The lowest BCUT2D eigenvalue weighted by molar-refractivity contribution is 0.0939. The topological polar surface area (TPSA) is 29.1 Å². The third-order valence-corrected chi connectivity index (χ3v) is 5.02. The van der Waals surface area contributed by atoms with E-state index in [4.69, 9.17) is 0 Å². The van der Waals surface area contributed by atoms with Crippen LogP contribution in [0.2, 0.25) is 0 Å². The SMILES string of the molecule is CC(C)C(=O)c1ccc(SSCCNI)cc1. The molecule has 0 bridgehead atoms. The second kappa shape index (κ2) is 8.39. The highest BCUT2D eigenvalue weighted by Gasteiger charge is 2.09. The first-order valence-corrected chi connectivity index (χ1v) is 8.82. The van der Waals surface area contributed by atoms with Crippen LogP contribution in [0.1, 0.15) is 24.2 Å². The number of carbonyl (C=O) groups excluding carboxylic acids is 1. The Hall–Kier alpha value is 0.280. The Morgan fingerprint density at radius 1 is 1.35 bits per heavy atom. The first-order chi connectivity index (χ1) is 8.15. The van der Waals surface area contributed by atoms with Crippen LogP contribution in [-0.2, 0) is 0 Å². The summed E-state index contributed by atoms with van der Waals surface area (Å²) in [5.41, 5.74) is 0.809. The van der Waals surface area contributed by atoms with Crippen molar-refractivity contribution in [1.29, 1.82) is 0 Å². The van der Waals surface area contributed by atoms with Gasteiger partial charge in [-0.05, 0) is 12.1 Å². The van der Waals surface area contributed by atoms with Crippen molar-refractivity contribution in [2.75, 3.05) is 12.3 Å². The Labute approximate surface area is 125 Å². The number of nitrogens with one attached hydrogen (secondary N) is 1. The molecule has 0 radical (unpaired) electrons. The minimum absolute atomic E-state index is 0.0672. The van der Waals surface area contributed by atoms with Gasteiger partial charge in [0.05, 0.1) is 0 Å². The molecule has 17 heavy (non-hydrogen) atoms. The molecule has 0 unspecified atom stereocenters. The molecular weight excluding hydrogens is 365 g/mol. The van der Waals surface area contributed by atoms with Gasteiger partial charge in [0.15, 0.2) is 5.78 Å². The van der Waals surface area contributed by atoms with E-state index in [1.807, 2.05) is 48.9 Å². The summed E-state index contributed by atoms with van der Waals surface area (Å²) in [6, 6.07) is 7.87. The van der Waals surface area contributed by atoms with Crippen molar-refractivity contribution in [3.05, 3.63) is 29.8 Å². The van der Waals surface area contributed by atoms with Gasteiger partial charge >= 0.3 is 0 Å². The zero-order chi connectivity index (χ0) is 12.7. The molecule has 1 aromatic rings. The normalized spacial score (nSPS) is 10.8. The number of rotatable bonds is 7. The molecule has 0 heterocycles. The molecule has 0 amide bonds. The van der Waals surface area contributed by atoms with Crippen LogP contribution in [0, 0.1) is 5.92 Å². The number of Topliss-reactive ketones (excluding diaryl/α,β-unsaturated/α-hetero) is 1. The van der Waals surface area contributed by atoms with Crippen molar-refractivity contribution >= 4 is 50.2 Å². The number of hydrogen-bond donors (Lipinski definition) is 1. The summed E-state index contributed by atoms with van der Waals surface area (Å²) in [4.78, 5) is 12.9. The smallest absolute Gasteiger partial charge is 0.165 e. The van der Waals surface area contributed by atoms with Gasteiger partial charge < -0.3 is 0 Å². The summed E-state index contributed by atoms with van der Waals surface area (Å²) in [5, 5.41) is 0. The molecule has 0 saturated carbocycles. The Kier molecular flexibility index (Phi) is 7.57. The van der Waals surface area contributed by atoms with Crippen LogP contribution in [0.5, 0.6) is 0 Å². The van der Waals surface area contributed by atoms with Crippen LogP contribution in [0.25, 0.3) is 0 Å². The third-order valence-electron chi connectivity index (χ3n) is 2.10. The van der Waals surface area contributed by atoms with Gasteiger partial charge in [-0.25, -0.2) is 0 Å². The first-order valence-electron chi connectivity index (χ1n) is 5.42. The van der Waals surface area contributed by atoms with E-state index in [-0.39, 0.29) is 11.7 Å². The highest BCUT2D eigenvalue weighted by atomic mass is 127.